The lowest BCUT2D eigenvalue weighted by molar-refractivity contribution is -0.369. The van der Waals surface area contributed by atoms with Crippen molar-refractivity contribution in [3.05, 3.63) is 298 Å². The highest BCUT2D eigenvalue weighted by Crippen LogP contribution is 2.41. The van der Waals surface area contributed by atoms with Gasteiger partial charge in [0.15, 0.2) is 37.2 Å². The van der Waals surface area contributed by atoms with Crippen LogP contribution in [-0.4, -0.2) is 129 Å². The predicted molar refractivity (Wildman–Crippen MR) is 361 cm³/mol. The number of benzene rings is 8. The molecule has 4 aliphatic heterocycles. The number of amides is 1. The smallest absolute Gasteiger partial charge is 0.407 e. The molecule has 100 heavy (non-hydrogen) atoms. The number of ether oxygens (including phenoxy) is 15. The molecule has 0 unspecified atom stereocenters. The fraction of sp³-hybridized carbons (Fsp3) is 0.346. The summed E-state index contributed by atoms with van der Waals surface area (Å²) >= 11 is 0. The summed E-state index contributed by atoms with van der Waals surface area (Å²) < 4.78 is 100. The lowest BCUT2D eigenvalue weighted by Gasteiger charge is -2.50. The van der Waals surface area contributed by atoms with Gasteiger partial charge in [-0.05, 0) is 57.0 Å². The second-order valence-electron chi connectivity index (χ2n) is 24.5. The van der Waals surface area contributed by atoms with Crippen LogP contribution in [0.5, 0.6) is 0 Å². The van der Waals surface area contributed by atoms with Crippen LogP contribution in [0.15, 0.2) is 248 Å². The molecule has 1 amide bonds. The van der Waals surface area contributed by atoms with Crippen LogP contribution >= 0.6 is 0 Å². The molecule has 4 fully saturated rings. The van der Waals surface area contributed by atoms with Gasteiger partial charge < -0.3 is 76.4 Å². The predicted octanol–water partition coefficient (Wildman–Crippen LogP) is 11.8. The van der Waals surface area contributed by atoms with E-state index in [0.29, 0.717) is 22.3 Å². The number of nitrogens with zero attached hydrogens (tertiary/aromatic N) is 3. The minimum Gasteiger partial charge on any atom is -0.459 e. The van der Waals surface area contributed by atoms with Crippen molar-refractivity contribution in [3.8, 4) is 0 Å². The summed E-state index contributed by atoms with van der Waals surface area (Å²) in [6.45, 7) is 1.66. The SMILES string of the molecule is C[C@H]1O[C@H](OC[C@@H](COCc2ccccc2)OCc2ccccc2)[C@H](N=[N+]=[N-])[C@@H](O[C@H]2O[C@H](C(=O)OCc3ccccc3)[C@H](OCc3ccccc3)[C@H](O[C@H]3O[C@@H]4C(=O)O[C@@H]([C@H]4OCc4ccccc4)[C@H]3OCc3ccccc3)[C@H]2OCc2ccccc2)[C@H]1NC(=O)OCc1ccccc1. The lowest BCUT2D eigenvalue weighted by Crippen LogP contribution is -2.69. The summed E-state index contributed by atoms with van der Waals surface area (Å²) in [5.74, 6) is -1.61. The Labute approximate surface area is 580 Å². The molecule has 12 rings (SSSR count). The molecule has 2 bridgehead atoms. The van der Waals surface area contributed by atoms with Gasteiger partial charge in [-0.3, -0.25) is 0 Å². The Hall–Kier alpha value is -9.20. The molecule has 8 aromatic rings. The average molecular weight is 1360 g/mol. The lowest BCUT2D eigenvalue weighted by atomic mass is 9.93. The number of esters is 2. The molecular formula is C78H80N4O18. The summed E-state index contributed by atoms with van der Waals surface area (Å²) in [7, 11) is 0. The highest BCUT2D eigenvalue weighted by Gasteiger charge is 2.62. The Kier molecular flexibility index (Phi) is 25.6. The zero-order chi connectivity index (χ0) is 68.7. The molecule has 0 aliphatic carbocycles. The van der Waals surface area contributed by atoms with Gasteiger partial charge in [0, 0.05) is 4.91 Å². The maximum atomic E-state index is 15.5. The average Bonchev–Trinajstić information content (AvgIpc) is 1.40. The molecule has 0 aromatic heterocycles. The zero-order valence-corrected chi connectivity index (χ0v) is 55.1. The van der Waals surface area contributed by atoms with E-state index in [1.165, 1.54) is 0 Å². The van der Waals surface area contributed by atoms with Gasteiger partial charge in [-0.15, -0.1) is 0 Å². The van der Waals surface area contributed by atoms with Crippen LogP contribution in [0.3, 0.4) is 0 Å². The minimum atomic E-state index is -1.76. The number of azide groups is 1. The van der Waals surface area contributed by atoms with Crippen LogP contribution < -0.4 is 5.32 Å². The number of alkyl carbamates (subject to hydrolysis) is 1. The van der Waals surface area contributed by atoms with Crippen LogP contribution in [0.25, 0.3) is 10.4 Å². The third kappa shape index (κ3) is 19.4. The Morgan fingerprint density at radius 1 is 0.450 bits per heavy atom. The van der Waals surface area contributed by atoms with E-state index in [1.54, 1.807) is 6.92 Å². The van der Waals surface area contributed by atoms with Gasteiger partial charge in [0.05, 0.1) is 71.1 Å². The van der Waals surface area contributed by atoms with Crippen LogP contribution in [0.1, 0.15) is 51.4 Å². The largest absolute Gasteiger partial charge is 0.459 e. The highest BCUT2D eigenvalue weighted by molar-refractivity contribution is 5.79. The van der Waals surface area contributed by atoms with E-state index in [4.69, 9.17) is 71.1 Å². The molecule has 4 heterocycles. The maximum Gasteiger partial charge on any atom is 0.407 e. The van der Waals surface area contributed by atoms with E-state index < -0.39 is 116 Å². The fourth-order valence-electron chi connectivity index (χ4n) is 12.2. The quantitative estimate of drug-likeness (QED) is 0.0132. The molecule has 16 atom stereocenters. The van der Waals surface area contributed by atoms with Gasteiger partial charge in [-0.2, -0.15) is 0 Å². The number of nitrogens with one attached hydrogen (secondary N) is 1. The third-order valence-electron chi connectivity index (χ3n) is 17.4. The Morgan fingerprint density at radius 2 is 0.870 bits per heavy atom. The van der Waals surface area contributed by atoms with E-state index >= 15 is 4.79 Å². The summed E-state index contributed by atoms with van der Waals surface area (Å²) in [4.78, 5) is 47.4. The number of fused-ring (bicyclic) bond motifs is 2. The number of rotatable bonds is 33. The fourth-order valence-corrected chi connectivity index (χ4v) is 12.2. The minimum absolute atomic E-state index is 0.00340. The standard InChI is InChI=1S/C78H80N4O18/c1-52-62(80-78(85)94-49-60-40-24-9-25-41-60)64(63(81-82-79)75(95-52)93-51-61(87-43-54-28-12-3-13-29-54)50-86-42-53-26-10-2-11-27-53)97-76-72(91-47-58-36-20-7-21-37-58)68(66(89-45-56-32-16-5-17-33-56)69(99-76)73(83)92-48-59-38-22-8-23-39-59)98-77-71(90-46-57-34-18-6-19-35-57)67-65(70(100-77)74(84)96-67)88-44-55-30-14-4-15-31-55/h2-41,52,61-72,75-77H,42-51H2,1H3,(H,80,85)/t52-,61-,62+,63-,64+,65-,66-,67+,68+,69+,70+,71-,72-,75+,76+,77+/m1/s1. The monoisotopic (exact) mass is 1360 g/mol. The van der Waals surface area contributed by atoms with Crippen LogP contribution in [0.4, 0.5) is 4.79 Å². The van der Waals surface area contributed by atoms with Crippen molar-refractivity contribution in [1.29, 1.82) is 0 Å². The molecule has 22 nitrogen and oxygen atoms in total. The molecule has 0 saturated carbocycles. The molecule has 4 aliphatic rings. The second kappa shape index (κ2) is 36.2. The van der Waals surface area contributed by atoms with Crippen LogP contribution in [0, 0.1) is 0 Å². The van der Waals surface area contributed by atoms with Crippen molar-refractivity contribution in [3.63, 3.8) is 0 Å². The molecular weight excluding hydrogens is 1280 g/mol. The van der Waals surface area contributed by atoms with Gasteiger partial charge in [0.2, 0.25) is 0 Å². The van der Waals surface area contributed by atoms with Crippen molar-refractivity contribution in [2.24, 2.45) is 5.11 Å². The Bertz CT molecular complexity index is 3820. The molecule has 8 aromatic carbocycles. The highest BCUT2D eigenvalue weighted by atomic mass is 16.8. The Balaban J connectivity index is 0.937. The van der Waals surface area contributed by atoms with E-state index in [-0.39, 0.29) is 66.1 Å². The van der Waals surface area contributed by atoms with Crippen molar-refractivity contribution >= 4 is 18.0 Å². The third-order valence-corrected chi connectivity index (χ3v) is 17.4. The molecule has 22 heteroatoms. The molecule has 0 spiro atoms. The maximum absolute atomic E-state index is 15.5. The first-order valence-electron chi connectivity index (χ1n) is 33.4. The van der Waals surface area contributed by atoms with Crippen molar-refractivity contribution < 1.29 is 85.4 Å². The second-order valence-corrected chi connectivity index (χ2v) is 24.5. The van der Waals surface area contributed by atoms with Crippen molar-refractivity contribution in [1.82, 2.24) is 5.32 Å². The topological polar surface area (TPSA) is 250 Å². The van der Waals surface area contributed by atoms with Crippen molar-refractivity contribution in [2.45, 2.75) is 158 Å². The van der Waals surface area contributed by atoms with Gasteiger partial charge in [-0.25, -0.2) is 14.4 Å². The first kappa shape index (κ1) is 70.7. The van der Waals surface area contributed by atoms with E-state index in [2.05, 4.69) is 15.3 Å². The molecule has 4 saturated heterocycles. The van der Waals surface area contributed by atoms with Gasteiger partial charge in [-0.1, -0.05) is 248 Å². The summed E-state index contributed by atoms with van der Waals surface area (Å²) in [5.41, 5.74) is 17.0. The number of carbonyl (C=O) groups is 3. The van der Waals surface area contributed by atoms with Gasteiger partial charge >= 0.3 is 18.0 Å². The van der Waals surface area contributed by atoms with E-state index in [9.17, 15) is 15.1 Å². The van der Waals surface area contributed by atoms with E-state index in [1.807, 2.05) is 243 Å². The molecule has 0 radical (unpaired) electrons. The van der Waals surface area contributed by atoms with Gasteiger partial charge in [0.25, 0.3) is 0 Å². The molecule has 520 valence electrons. The van der Waals surface area contributed by atoms with Gasteiger partial charge in [0.1, 0.15) is 55.9 Å². The normalized spacial score (nSPS) is 25.7. The number of hydrogen-bond acceptors (Lipinski definition) is 19. The van der Waals surface area contributed by atoms with Crippen LogP contribution in [-0.2, 0) is 133 Å². The van der Waals surface area contributed by atoms with E-state index in [0.717, 1.165) is 22.3 Å². The Morgan fingerprint density at radius 3 is 1.37 bits per heavy atom. The number of carbonyl (C=O) groups excluding carboxylic acids is 3. The number of hydrogen-bond donors (Lipinski definition) is 1. The summed E-state index contributed by atoms with van der Waals surface area (Å²) in [5, 5.41) is 7.28. The summed E-state index contributed by atoms with van der Waals surface area (Å²) in [6, 6.07) is 72.3. The summed E-state index contributed by atoms with van der Waals surface area (Å²) in [6.07, 6.45) is -19.6. The first-order chi connectivity index (χ1) is 49.2. The molecule has 1 N–H and O–H groups in total. The van der Waals surface area contributed by atoms with Crippen LogP contribution in [0.2, 0.25) is 0 Å². The van der Waals surface area contributed by atoms with Crippen molar-refractivity contribution in [2.75, 3.05) is 13.2 Å². The zero-order valence-electron chi connectivity index (χ0n) is 55.1. The first-order valence-corrected chi connectivity index (χ1v) is 33.4.